The van der Waals surface area contributed by atoms with E-state index in [0.29, 0.717) is 17.4 Å². The molecule has 1 amide bonds. The maximum atomic E-state index is 13.1. The fourth-order valence-corrected chi connectivity index (χ4v) is 11.6. The van der Waals surface area contributed by atoms with Gasteiger partial charge in [-0.15, -0.1) is 0 Å². The molecule has 3 atom stereocenters. The van der Waals surface area contributed by atoms with Crippen molar-refractivity contribution < 1.29 is 32.9 Å². The van der Waals surface area contributed by atoms with Crippen molar-refractivity contribution in [1.82, 2.24) is 5.32 Å². The van der Waals surface area contributed by atoms with E-state index in [2.05, 4.69) is 104 Å². The van der Waals surface area contributed by atoms with Gasteiger partial charge >= 0.3 is 7.82 Å². The number of carbonyl (C=O) groups excluding carboxylic acids is 1. The number of hydrogen-bond donors (Lipinski definition) is 3. The quantitative estimate of drug-likeness (QED) is 0.0243. The maximum absolute atomic E-state index is 13.1. The fraction of sp³-hybridized carbons (Fsp3) is 0.782. The number of hydrogen-bond acceptors (Lipinski definition) is 5. The van der Waals surface area contributed by atoms with Crippen molar-refractivity contribution in [2.75, 3.05) is 40.9 Å². The SMILES string of the molecule is CC/C=C\C/C=C\C/C=C\C/C=C\C/C=C\C/C=C\CCCCCCCCCCCCCCCCCCC(=O)NC(COP(=O)(O)OCC[N+](C)(C)C)C(O)/C=C/CC/C=C/CCCCCCCCCCCCCCCCCCCCCCCCCC. The van der Waals surface area contributed by atoms with Gasteiger partial charge in [0.25, 0.3) is 0 Å². The van der Waals surface area contributed by atoms with Crippen molar-refractivity contribution >= 4 is 13.7 Å². The van der Waals surface area contributed by atoms with Crippen LogP contribution >= 0.6 is 7.82 Å². The third kappa shape index (κ3) is 70.7. The topological polar surface area (TPSA) is 105 Å². The molecule has 0 rings (SSSR count). The van der Waals surface area contributed by atoms with E-state index in [4.69, 9.17) is 9.05 Å². The minimum absolute atomic E-state index is 0.0540. The largest absolute Gasteiger partial charge is 0.472 e. The molecular weight excluding hydrogens is 1090 g/mol. The molecule has 0 aliphatic carbocycles. The first-order chi connectivity index (χ1) is 42.5. The first-order valence-corrected chi connectivity index (χ1v) is 38.6. The van der Waals surface area contributed by atoms with E-state index in [-0.39, 0.29) is 19.1 Å². The van der Waals surface area contributed by atoms with Crippen molar-refractivity contribution in [2.45, 2.75) is 353 Å². The van der Waals surface area contributed by atoms with E-state index in [1.54, 1.807) is 6.08 Å². The summed E-state index contributed by atoms with van der Waals surface area (Å²) in [4.78, 5) is 23.5. The highest BCUT2D eigenvalue weighted by atomic mass is 31.2. The molecule has 87 heavy (non-hydrogen) atoms. The summed E-state index contributed by atoms with van der Waals surface area (Å²) < 4.78 is 23.8. The average molecular weight is 1240 g/mol. The second-order valence-corrected chi connectivity index (χ2v) is 27.7. The number of nitrogens with one attached hydrogen (secondary N) is 1. The molecule has 0 aromatic heterocycles. The van der Waals surface area contributed by atoms with E-state index in [9.17, 15) is 19.4 Å². The van der Waals surface area contributed by atoms with Crippen molar-refractivity contribution in [3.8, 4) is 0 Å². The van der Waals surface area contributed by atoms with E-state index < -0.39 is 20.0 Å². The lowest BCUT2D eigenvalue weighted by Crippen LogP contribution is -2.45. The Labute approximate surface area is 540 Å². The number of amides is 1. The lowest BCUT2D eigenvalue weighted by atomic mass is 10.0. The summed E-state index contributed by atoms with van der Waals surface area (Å²) in [6, 6.07) is -0.870. The molecule has 0 aliphatic rings. The molecule has 0 aromatic rings. The zero-order valence-corrected chi connectivity index (χ0v) is 58.9. The number of quaternary nitrogens is 1. The second kappa shape index (κ2) is 67.8. The molecule has 0 saturated carbocycles. The molecular formula is C78H144N2O6P+. The molecule has 0 aromatic carbocycles. The summed E-state index contributed by atoms with van der Waals surface area (Å²) in [5.41, 5.74) is 0. The Hall–Kier alpha value is -2.58. The van der Waals surface area contributed by atoms with Crippen LogP contribution in [0.15, 0.2) is 97.2 Å². The lowest BCUT2D eigenvalue weighted by Gasteiger charge is -2.25. The van der Waals surface area contributed by atoms with E-state index in [1.807, 2.05) is 27.2 Å². The highest BCUT2D eigenvalue weighted by Gasteiger charge is 2.28. The van der Waals surface area contributed by atoms with Crippen molar-refractivity contribution in [3.63, 3.8) is 0 Å². The van der Waals surface area contributed by atoms with Crippen LogP contribution in [0.4, 0.5) is 0 Å². The van der Waals surface area contributed by atoms with Crippen molar-refractivity contribution in [2.24, 2.45) is 0 Å². The Morgan fingerprint density at radius 3 is 1.06 bits per heavy atom. The molecule has 3 unspecified atom stereocenters. The predicted molar refractivity (Wildman–Crippen MR) is 383 cm³/mol. The first-order valence-electron chi connectivity index (χ1n) is 37.1. The minimum atomic E-state index is -4.37. The monoisotopic (exact) mass is 1240 g/mol. The molecule has 0 heterocycles. The standard InChI is InChI=1S/C78H143N2O6P/c1-6-8-10-12-14-16-18-20-22-24-26-28-30-32-34-36-38-39-40-41-42-44-46-48-50-52-54-56-58-60-62-64-66-68-70-72-78(82)79-76(75-86-87(83,84)85-74-73-80(3,4)5)77(81)71-69-67-65-63-61-59-57-55-53-51-49-47-45-43-37-35-33-31-29-27-25-23-21-19-17-15-13-11-9-7-2/h8,10,14,16,20,22,26,28,32,34,38-39,61,63,69,71,76-77,81H,6-7,9,11-13,15,17-19,21,23-25,27,29-31,33,35-37,40-60,62,64-68,70,72-75H2,1-5H3,(H-,79,82,83,84)/p+1/b10-8-,16-14-,22-20-,28-26-,34-32-,39-38-,63-61+,71-69+. The average Bonchev–Trinajstić information content (AvgIpc) is 3.70. The zero-order valence-electron chi connectivity index (χ0n) is 58.0. The zero-order chi connectivity index (χ0) is 63.4. The molecule has 0 spiro atoms. The normalized spacial score (nSPS) is 14.1. The lowest BCUT2D eigenvalue weighted by molar-refractivity contribution is -0.870. The number of nitrogens with zero attached hydrogens (tertiary/aromatic N) is 1. The van der Waals surface area contributed by atoms with Crippen LogP contribution in [0.1, 0.15) is 341 Å². The van der Waals surface area contributed by atoms with Gasteiger partial charge in [0.15, 0.2) is 0 Å². The summed E-state index contributed by atoms with van der Waals surface area (Å²) in [5, 5.41) is 14.0. The summed E-state index contributed by atoms with van der Waals surface area (Å²) in [5.74, 6) is -0.185. The van der Waals surface area contributed by atoms with Gasteiger partial charge in [-0.1, -0.05) is 349 Å². The number of rotatable bonds is 68. The third-order valence-corrected chi connectivity index (χ3v) is 17.5. The molecule has 9 heteroatoms. The first kappa shape index (κ1) is 84.4. The molecule has 506 valence electrons. The Kier molecular flexibility index (Phi) is 65.8. The fourth-order valence-electron chi connectivity index (χ4n) is 10.8. The summed E-state index contributed by atoms with van der Waals surface area (Å²) in [6.07, 6.45) is 98.6. The molecule has 0 saturated heterocycles. The third-order valence-electron chi connectivity index (χ3n) is 16.5. The number of likely N-dealkylation sites (N-methyl/N-ethyl adjacent to an activating group) is 1. The number of phosphoric acid groups is 1. The van der Waals surface area contributed by atoms with Gasteiger partial charge in [-0.2, -0.15) is 0 Å². The van der Waals surface area contributed by atoms with Gasteiger partial charge in [-0.3, -0.25) is 13.8 Å². The van der Waals surface area contributed by atoms with E-state index in [0.717, 1.165) is 77.0 Å². The Morgan fingerprint density at radius 1 is 0.402 bits per heavy atom. The number of phosphoric ester groups is 1. The van der Waals surface area contributed by atoms with Gasteiger partial charge in [0.2, 0.25) is 5.91 Å². The van der Waals surface area contributed by atoms with Crippen LogP contribution in [-0.4, -0.2) is 73.4 Å². The molecule has 8 nitrogen and oxygen atoms in total. The summed E-state index contributed by atoms with van der Waals surface area (Å²) in [6.45, 7) is 4.72. The maximum Gasteiger partial charge on any atom is 0.472 e. The van der Waals surface area contributed by atoms with Gasteiger partial charge in [-0.25, -0.2) is 4.57 Å². The van der Waals surface area contributed by atoms with Gasteiger partial charge in [-0.05, 0) is 83.5 Å². The van der Waals surface area contributed by atoms with Crippen LogP contribution in [0.25, 0.3) is 0 Å². The molecule has 0 fully saturated rings. The van der Waals surface area contributed by atoms with Gasteiger partial charge in [0.05, 0.1) is 39.9 Å². The van der Waals surface area contributed by atoms with Gasteiger partial charge in [0, 0.05) is 6.42 Å². The predicted octanol–water partition coefficient (Wildman–Crippen LogP) is 24.1. The second-order valence-electron chi connectivity index (χ2n) is 26.3. The molecule has 0 bridgehead atoms. The van der Waals surface area contributed by atoms with Gasteiger partial charge < -0.3 is 19.8 Å². The molecule has 0 radical (unpaired) electrons. The van der Waals surface area contributed by atoms with E-state index in [1.165, 1.54) is 244 Å². The number of aliphatic hydroxyl groups is 1. The van der Waals surface area contributed by atoms with Crippen LogP contribution in [0.3, 0.4) is 0 Å². The summed E-state index contributed by atoms with van der Waals surface area (Å²) >= 11 is 0. The smallest absolute Gasteiger partial charge is 0.387 e. The number of allylic oxidation sites excluding steroid dienone is 15. The molecule has 0 aliphatic heterocycles. The van der Waals surface area contributed by atoms with Crippen molar-refractivity contribution in [3.05, 3.63) is 97.2 Å². The summed E-state index contributed by atoms with van der Waals surface area (Å²) in [7, 11) is 1.56. The van der Waals surface area contributed by atoms with Crippen LogP contribution in [0, 0.1) is 0 Å². The Balaban J connectivity index is 4.07. The highest BCUT2D eigenvalue weighted by Crippen LogP contribution is 2.43. The van der Waals surface area contributed by atoms with E-state index >= 15 is 0 Å². The number of carbonyl (C=O) groups is 1. The number of unbranched alkanes of at least 4 members (excludes halogenated alkanes) is 41. The highest BCUT2D eigenvalue weighted by molar-refractivity contribution is 7.47. The van der Waals surface area contributed by atoms with Crippen LogP contribution in [-0.2, 0) is 18.4 Å². The minimum Gasteiger partial charge on any atom is -0.387 e. The van der Waals surface area contributed by atoms with Crippen molar-refractivity contribution in [1.29, 1.82) is 0 Å². The van der Waals surface area contributed by atoms with Gasteiger partial charge in [0.1, 0.15) is 13.2 Å². The van der Waals surface area contributed by atoms with Crippen LogP contribution in [0.5, 0.6) is 0 Å². The molecule has 3 N–H and O–H groups in total. The Morgan fingerprint density at radius 2 is 0.701 bits per heavy atom. The van der Waals surface area contributed by atoms with Crippen LogP contribution in [0.2, 0.25) is 0 Å². The number of aliphatic hydroxyl groups excluding tert-OH is 1. The Bertz CT molecular complexity index is 1740. The van der Waals surface area contributed by atoms with Crippen LogP contribution < -0.4 is 5.32 Å².